The smallest absolute Gasteiger partial charge is 0.0693 e. The Bertz CT molecular complexity index is 302. The molecule has 1 rings (SSSR count). The number of nitriles is 1. The molecule has 0 N–H and O–H groups in total. The van der Waals surface area contributed by atoms with E-state index >= 15 is 0 Å². The molecule has 0 fully saturated rings. The second kappa shape index (κ2) is 4.24. The average molecular weight is 189 g/mol. The van der Waals surface area contributed by atoms with E-state index in [0.29, 0.717) is 0 Å². The topological polar surface area (TPSA) is 23.8 Å². The van der Waals surface area contributed by atoms with Gasteiger partial charge >= 0.3 is 0 Å². The van der Waals surface area contributed by atoms with E-state index in [-0.39, 0.29) is 5.04 Å². The Labute approximate surface area is 82.8 Å². The summed E-state index contributed by atoms with van der Waals surface area (Å²) >= 11 is 0. The van der Waals surface area contributed by atoms with E-state index in [0.717, 1.165) is 23.1 Å². The number of hydrogen-bond donors (Lipinski definition) is 0. The fraction of sp³-hybridized carbons (Fsp3) is 0.364. The molecule has 1 unspecified atom stereocenters. The molecule has 0 saturated heterocycles. The van der Waals surface area contributed by atoms with Crippen molar-refractivity contribution in [3.05, 3.63) is 35.9 Å². The molecule has 0 radical (unpaired) electrons. The molecule has 0 aliphatic heterocycles. The summed E-state index contributed by atoms with van der Waals surface area (Å²) in [7, 11) is 0.905. The van der Waals surface area contributed by atoms with Crippen molar-refractivity contribution in [1.82, 2.24) is 0 Å². The molecule has 1 aromatic carbocycles. The predicted molar refractivity (Wildman–Crippen MR) is 58.6 cm³/mol. The first kappa shape index (κ1) is 10.0. The third-order valence-corrected chi connectivity index (χ3v) is 3.71. The van der Waals surface area contributed by atoms with Crippen molar-refractivity contribution in [3.63, 3.8) is 0 Å². The van der Waals surface area contributed by atoms with Crippen LogP contribution in [-0.2, 0) is 5.04 Å². The van der Waals surface area contributed by atoms with Gasteiger partial charge in [0.1, 0.15) is 0 Å². The average Bonchev–Trinajstić information content (AvgIpc) is 2.19. The van der Waals surface area contributed by atoms with Gasteiger partial charge in [0.15, 0.2) is 0 Å². The lowest BCUT2D eigenvalue weighted by atomic mass is 9.95. The van der Waals surface area contributed by atoms with Crippen LogP contribution in [-0.4, -0.2) is 10.2 Å². The van der Waals surface area contributed by atoms with Crippen LogP contribution in [0.2, 0.25) is 0 Å². The van der Waals surface area contributed by atoms with Gasteiger partial charge in [0.05, 0.1) is 11.1 Å². The van der Waals surface area contributed by atoms with Crippen LogP contribution < -0.4 is 0 Å². The van der Waals surface area contributed by atoms with Crippen molar-refractivity contribution in [2.24, 2.45) is 0 Å². The van der Waals surface area contributed by atoms with Crippen molar-refractivity contribution in [1.29, 1.82) is 5.26 Å². The molecule has 0 spiro atoms. The summed E-state index contributed by atoms with van der Waals surface area (Å²) < 4.78 is 0. The molecule has 0 aliphatic carbocycles. The molecular formula is C11H15NSi. The van der Waals surface area contributed by atoms with Crippen molar-refractivity contribution < 1.29 is 0 Å². The Morgan fingerprint density at radius 2 is 2.00 bits per heavy atom. The van der Waals surface area contributed by atoms with E-state index in [1.807, 2.05) is 18.2 Å². The van der Waals surface area contributed by atoms with E-state index in [2.05, 4.69) is 25.1 Å². The van der Waals surface area contributed by atoms with Gasteiger partial charge in [0, 0.05) is 10.2 Å². The van der Waals surface area contributed by atoms with Crippen LogP contribution in [0, 0.1) is 11.3 Å². The van der Waals surface area contributed by atoms with Gasteiger partial charge in [0.2, 0.25) is 0 Å². The highest BCUT2D eigenvalue weighted by Crippen LogP contribution is 2.24. The SMILES string of the molecule is CCCC([SiH3])(C#N)c1ccccc1. The summed E-state index contributed by atoms with van der Waals surface area (Å²) in [4.78, 5) is 0. The Hall–Kier alpha value is -1.07. The van der Waals surface area contributed by atoms with Gasteiger partial charge in [0.25, 0.3) is 0 Å². The molecule has 0 aromatic heterocycles. The lowest BCUT2D eigenvalue weighted by Gasteiger charge is -2.21. The van der Waals surface area contributed by atoms with E-state index in [1.165, 1.54) is 5.56 Å². The maximum atomic E-state index is 9.15. The van der Waals surface area contributed by atoms with E-state index in [9.17, 15) is 0 Å². The summed E-state index contributed by atoms with van der Waals surface area (Å²) in [6.07, 6.45) is 2.06. The molecule has 0 bridgehead atoms. The van der Waals surface area contributed by atoms with Crippen LogP contribution in [0.4, 0.5) is 0 Å². The zero-order valence-electron chi connectivity index (χ0n) is 8.25. The largest absolute Gasteiger partial charge is 0.198 e. The van der Waals surface area contributed by atoms with Crippen molar-refractivity contribution in [2.45, 2.75) is 24.8 Å². The third kappa shape index (κ3) is 2.19. The Balaban J connectivity index is 2.98. The molecule has 1 atom stereocenters. The maximum absolute atomic E-state index is 9.15. The highest BCUT2D eigenvalue weighted by Gasteiger charge is 2.24. The lowest BCUT2D eigenvalue weighted by Crippen LogP contribution is -2.23. The zero-order chi connectivity index (χ0) is 9.73. The van der Waals surface area contributed by atoms with Crippen LogP contribution in [0.3, 0.4) is 0 Å². The Morgan fingerprint density at radius 1 is 1.38 bits per heavy atom. The molecule has 13 heavy (non-hydrogen) atoms. The van der Waals surface area contributed by atoms with Gasteiger partial charge in [-0.3, -0.25) is 0 Å². The van der Waals surface area contributed by atoms with Crippen LogP contribution >= 0.6 is 0 Å². The highest BCUT2D eigenvalue weighted by molar-refractivity contribution is 6.18. The summed E-state index contributed by atoms with van der Waals surface area (Å²) in [6.45, 7) is 2.13. The summed E-state index contributed by atoms with van der Waals surface area (Å²) in [5.74, 6) is 0. The minimum atomic E-state index is -0.171. The van der Waals surface area contributed by atoms with Crippen LogP contribution in [0.25, 0.3) is 0 Å². The molecule has 68 valence electrons. The van der Waals surface area contributed by atoms with E-state index in [4.69, 9.17) is 5.26 Å². The van der Waals surface area contributed by atoms with E-state index < -0.39 is 0 Å². The van der Waals surface area contributed by atoms with Crippen molar-refractivity contribution in [3.8, 4) is 6.07 Å². The number of rotatable bonds is 3. The zero-order valence-corrected chi connectivity index (χ0v) is 10.2. The normalized spacial score (nSPS) is 14.8. The van der Waals surface area contributed by atoms with Gasteiger partial charge < -0.3 is 0 Å². The number of nitrogens with zero attached hydrogens (tertiary/aromatic N) is 1. The fourth-order valence-corrected chi connectivity index (χ4v) is 2.40. The molecule has 1 aromatic rings. The monoisotopic (exact) mass is 189 g/mol. The first-order valence-electron chi connectivity index (χ1n) is 4.69. The second-order valence-corrected chi connectivity index (χ2v) is 5.27. The number of hydrogen-bond acceptors (Lipinski definition) is 1. The predicted octanol–water partition coefficient (Wildman–Crippen LogP) is 1.57. The Morgan fingerprint density at radius 3 is 2.46 bits per heavy atom. The molecule has 2 heteroatoms. The molecule has 1 nitrogen and oxygen atoms in total. The minimum Gasteiger partial charge on any atom is -0.198 e. The lowest BCUT2D eigenvalue weighted by molar-refractivity contribution is 0.664. The third-order valence-electron chi connectivity index (χ3n) is 2.41. The Kier molecular flexibility index (Phi) is 3.27. The second-order valence-electron chi connectivity index (χ2n) is 3.56. The van der Waals surface area contributed by atoms with Gasteiger partial charge in [-0.15, -0.1) is 0 Å². The first-order chi connectivity index (χ1) is 6.23. The standard InChI is InChI=1S/C11H15NSi/c1-2-8-11(13,9-12)10-6-4-3-5-7-10/h3-7H,2,8H2,1,13H3. The molecular weight excluding hydrogens is 174 g/mol. The molecule has 0 aliphatic rings. The molecule has 0 saturated carbocycles. The van der Waals surface area contributed by atoms with Gasteiger partial charge in [-0.25, -0.2) is 0 Å². The van der Waals surface area contributed by atoms with Crippen LogP contribution in [0.1, 0.15) is 25.3 Å². The maximum Gasteiger partial charge on any atom is 0.0693 e. The number of benzene rings is 1. The summed E-state index contributed by atoms with van der Waals surface area (Å²) in [5.41, 5.74) is 1.19. The summed E-state index contributed by atoms with van der Waals surface area (Å²) in [6, 6.07) is 12.6. The molecule has 0 amide bonds. The first-order valence-corrected chi connectivity index (χ1v) is 5.69. The van der Waals surface area contributed by atoms with Gasteiger partial charge in [-0.05, 0) is 12.0 Å². The quantitative estimate of drug-likeness (QED) is 0.662. The highest BCUT2D eigenvalue weighted by atomic mass is 28.1. The van der Waals surface area contributed by atoms with Crippen molar-refractivity contribution >= 4 is 10.2 Å². The van der Waals surface area contributed by atoms with Crippen molar-refractivity contribution in [2.75, 3.05) is 0 Å². The van der Waals surface area contributed by atoms with Crippen LogP contribution in [0.15, 0.2) is 30.3 Å². The molecule has 0 heterocycles. The van der Waals surface area contributed by atoms with Crippen LogP contribution in [0.5, 0.6) is 0 Å². The van der Waals surface area contributed by atoms with Gasteiger partial charge in [-0.2, -0.15) is 5.26 Å². The van der Waals surface area contributed by atoms with E-state index in [1.54, 1.807) is 0 Å². The summed E-state index contributed by atoms with van der Waals surface area (Å²) in [5, 5.41) is 8.98. The fourth-order valence-electron chi connectivity index (χ4n) is 1.57. The minimum absolute atomic E-state index is 0.171. The van der Waals surface area contributed by atoms with Gasteiger partial charge in [-0.1, -0.05) is 43.7 Å².